The number of carboxylic acid groups (broad SMARTS) is 1. The lowest BCUT2D eigenvalue weighted by Crippen LogP contribution is -2.44. The van der Waals surface area contributed by atoms with E-state index in [1.165, 1.54) is 7.11 Å². The number of hydrogen-bond donors (Lipinski definition) is 4. The second-order valence-corrected chi connectivity index (χ2v) is 6.81. The molecule has 0 spiro atoms. The van der Waals surface area contributed by atoms with Crippen LogP contribution in [0.3, 0.4) is 0 Å². The Balaban J connectivity index is 1.75. The van der Waals surface area contributed by atoms with Crippen LogP contribution in [0.4, 0.5) is 4.79 Å². The number of carboxylic acids is 1. The van der Waals surface area contributed by atoms with E-state index in [2.05, 4.69) is 10.6 Å². The lowest BCUT2D eigenvalue weighted by atomic mass is 10.1. The zero-order valence-electron chi connectivity index (χ0n) is 17.1. The van der Waals surface area contributed by atoms with Gasteiger partial charge in [0.15, 0.2) is 0 Å². The van der Waals surface area contributed by atoms with Crippen molar-refractivity contribution in [3.63, 3.8) is 0 Å². The molecule has 0 unspecified atom stereocenters. The molecule has 2 aromatic carbocycles. The van der Waals surface area contributed by atoms with E-state index in [0.29, 0.717) is 11.3 Å². The molecular weight excluding hydrogens is 404 g/mol. The number of carbonyl (C=O) groups excluding carboxylic acids is 2. The molecule has 2 aromatic rings. The van der Waals surface area contributed by atoms with Gasteiger partial charge in [0.2, 0.25) is 5.91 Å². The van der Waals surface area contributed by atoms with E-state index in [-0.39, 0.29) is 26.0 Å². The van der Waals surface area contributed by atoms with Crippen molar-refractivity contribution in [3.8, 4) is 5.75 Å². The summed E-state index contributed by atoms with van der Waals surface area (Å²) in [4.78, 5) is 35.3. The average Bonchev–Trinajstić information content (AvgIpc) is 2.76. The smallest absolute Gasteiger partial charge is 0.407 e. The van der Waals surface area contributed by atoms with Crippen molar-refractivity contribution in [3.05, 3.63) is 65.7 Å². The highest BCUT2D eigenvalue weighted by atomic mass is 16.5. The van der Waals surface area contributed by atoms with Crippen LogP contribution in [-0.4, -0.2) is 54.0 Å². The van der Waals surface area contributed by atoms with Gasteiger partial charge in [0.25, 0.3) is 0 Å². The molecule has 2 amide bonds. The Hall–Kier alpha value is -3.59. The second-order valence-electron chi connectivity index (χ2n) is 6.81. The minimum atomic E-state index is -1.20. The van der Waals surface area contributed by atoms with E-state index in [1.54, 1.807) is 36.4 Å². The van der Waals surface area contributed by atoms with Gasteiger partial charge in [-0.2, -0.15) is 0 Å². The molecule has 9 heteroatoms. The summed E-state index contributed by atoms with van der Waals surface area (Å²) in [6.45, 7) is -0.136. The molecule has 2 rings (SSSR count). The first-order valence-corrected chi connectivity index (χ1v) is 9.65. The van der Waals surface area contributed by atoms with Crippen molar-refractivity contribution in [1.82, 2.24) is 10.6 Å². The van der Waals surface area contributed by atoms with Crippen molar-refractivity contribution in [2.24, 2.45) is 0 Å². The highest BCUT2D eigenvalue weighted by Crippen LogP contribution is 2.14. The van der Waals surface area contributed by atoms with Gasteiger partial charge in [-0.15, -0.1) is 0 Å². The number of alkyl carbamates (subject to hydrolysis) is 1. The van der Waals surface area contributed by atoms with Crippen LogP contribution in [-0.2, 0) is 27.4 Å². The first kappa shape index (κ1) is 23.7. The average molecular weight is 430 g/mol. The van der Waals surface area contributed by atoms with E-state index in [1.807, 2.05) is 18.2 Å². The molecule has 0 aromatic heterocycles. The Kier molecular flexibility index (Phi) is 9.31. The normalized spacial score (nSPS) is 12.3. The first-order valence-electron chi connectivity index (χ1n) is 9.65. The molecule has 2 atom stereocenters. The van der Waals surface area contributed by atoms with Crippen LogP contribution in [0, 0.1) is 0 Å². The van der Waals surface area contributed by atoms with Crippen molar-refractivity contribution in [2.45, 2.75) is 31.6 Å². The van der Waals surface area contributed by atoms with E-state index in [9.17, 15) is 24.6 Å². The van der Waals surface area contributed by atoms with Crippen LogP contribution in [0.15, 0.2) is 54.6 Å². The fraction of sp³-hybridized carbons (Fsp3) is 0.318. The van der Waals surface area contributed by atoms with Crippen molar-refractivity contribution in [2.75, 3.05) is 13.7 Å². The summed E-state index contributed by atoms with van der Waals surface area (Å²) < 4.78 is 10.1. The van der Waals surface area contributed by atoms with E-state index >= 15 is 0 Å². The topological polar surface area (TPSA) is 134 Å². The molecule has 9 nitrogen and oxygen atoms in total. The molecule has 0 radical (unpaired) electrons. The zero-order chi connectivity index (χ0) is 22.6. The van der Waals surface area contributed by atoms with Crippen molar-refractivity contribution >= 4 is 18.0 Å². The Morgan fingerprint density at radius 1 is 1.03 bits per heavy atom. The molecule has 31 heavy (non-hydrogen) atoms. The molecule has 0 aliphatic heterocycles. The minimum Gasteiger partial charge on any atom is -0.497 e. The highest BCUT2D eigenvalue weighted by molar-refractivity contribution is 5.84. The summed E-state index contributed by atoms with van der Waals surface area (Å²) in [5.41, 5.74) is 1.49. The number of hydrogen-bond acceptors (Lipinski definition) is 6. The molecule has 0 saturated carbocycles. The maximum atomic E-state index is 12.1. The standard InChI is InChI=1S/C22H26N2O7/c1-30-18-9-5-8-16(10-18)11-19(21(27)28)24-20(26)12-17(25)13-23-22(29)31-14-15-6-3-2-4-7-15/h2-10,17,19,25H,11-14H2,1H3,(H,23,29)(H,24,26)(H,27,28)/t17-,19+/m0/s1. The Morgan fingerprint density at radius 2 is 1.74 bits per heavy atom. The summed E-state index contributed by atoms with van der Waals surface area (Å²) in [7, 11) is 1.50. The molecule has 0 aliphatic carbocycles. The van der Waals surface area contributed by atoms with Gasteiger partial charge in [0.05, 0.1) is 19.6 Å². The van der Waals surface area contributed by atoms with Gasteiger partial charge in [0.1, 0.15) is 18.4 Å². The number of nitrogens with one attached hydrogen (secondary N) is 2. The maximum absolute atomic E-state index is 12.1. The molecule has 0 heterocycles. The third-order valence-electron chi connectivity index (χ3n) is 4.32. The lowest BCUT2D eigenvalue weighted by molar-refractivity contribution is -0.142. The van der Waals surface area contributed by atoms with Crippen LogP contribution >= 0.6 is 0 Å². The fourth-order valence-electron chi connectivity index (χ4n) is 2.75. The van der Waals surface area contributed by atoms with E-state index in [4.69, 9.17) is 9.47 Å². The summed E-state index contributed by atoms with van der Waals surface area (Å²) in [5, 5.41) is 24.1. The minimum absolute atomic E-state index is 0.0540. The van der Waals surface area contributed by atoms with Crippen LogP contribution in [0.1, 0.15) is 17.5 Å². The molecule has 0 aliphatic rings. The number of aliphatic hydroxyl groups excluding tert-OH is 1. The van der Waals surface area contributed by atoms with Gasteiger partial charge < -0.3 is 30.3 Å². The van der Waals surface area contributed by atoms with Gasteiger partial charge >= 0.3 is 12.1 Å². The number of ether oxygens (including phenoxy) is 2. The van der Waals surface area contributed by atoms with Gasteiger partial charge in [-0.05, 0) is 23.3 Å². The first-order chi connectivity index (χ1) is 14.9. The summed E-state index contributed by atoms with van der Waals surface area (Å²) in [6, 6.07) is 14.8. The largest absolute Gasteiger partial charge is 0.497 e. The number of aliphatic hydroxyl groups is 1. The number of amides is 2. The van der Waals surface area contributed by atoms with Crippen LogP contribution in [0.5, 0.6) is 5.75 Å². The summed E-state index contributed by atoms with van der Waals surface area (Å²) >= 11 is 0. The van der Waals surface area contributed by atoms with Crippen LogP contribution in [0.25, 0.3) is 0 Å². The van der Waals surface area contributed by atoms with Crippen LogP contribution in [0.2, 0.25) is 0 Å². The van der Waals surface area contributed by atoms with Crippen molar-refractivity contribution < 1.29 is 34.1 Å². The number of methoxy groups -OCH3 is 1. The van der Waals surface area contributed by atoms with Crippen molar-refractivity contribution in [1.29, 1.82) is 0 Å². The zero-order valence-corrected chi connectivity index (χ0v) is 17.1. The van der Waals surface area contributed by atoms with Crippen LogP contribution < -0.4 is 15.4 Å². The SMILES string of the molecule is COc1cccc(C[C@@H](NC(=O)C[C@H](O)CNC(=O)OCc2ccccc2)C(=O)O)c1. The monoisotopic (exact) mass is 430 g/mol. The molecule has 0 fully saturated rings. The number of benzene rings is 2. The number of rotatable bonds is 11. The van der Waals surface area contributed by atoms with Gasteiger partial charge in [-0.1, -0.05) is 42.5 Å². The summed E-state index contributed by atoms with van der Waals surface area (Å²) in [5.74, 6) is -1.27. The molecule has 4 N–H and O–H groups in total. The highest BCUT2D eigenvalue weighted by Gasteiger charge is 2.22. The van der Waals surface area contributed by atoms with E-state index < -0.39 is 30.1 Å². The van der Waals surface area contributed by atoms with Gasteiger partial charge in [-0.25, -0.2) is 9.59 Å². The summed E-state index contributed by atoms with van der Waals surface area (Å²) in [6.07, 6.45) is -2.25. The fourth-order valence-corrected chi connectivity index (χ4v) is 2.75. The van der Waals surface area contributed by atoms with E-state index in [0.717, 1.165) is 5.56 Å². The Bertz CT molecular complexity index is 873. The number of carbonyl (C=O) groups is 3. The quantitative estimate of drug-likeness (QED) is 0.424. The lowest BCUT2D eigenvalue weighted by Gasteiger charge is -2.17. The second kappa shape index (κ2) is 12.2. The Labute approximate surface area is 180 Å². The molecule has 0 saturated heterocycles. The third kappa shape index (κ3) is 8.75. The third-order valence-corrected chi connectivity index (χ3v) is 4.32. The molecular formula is C22H26N2O7. The molecule has 166 valence electrons. The predicted molar refractivity (Wildman–Crippen MR) is 112 cm³/mol. The van der Waals surface area contributed by atoms with Gasteiger partial charge in [-0.3, -0.25) is 4.79 Å². The van der Waals surface area contributed by atoms with Gasteiger partial charge in [0, 0.05) is 13.0 Å². The Morgan fingerprint density at radius 3 is 2.42 bits per heavy atom. The maximum Gasteiger partial charge on any atom is 0.407 e. The molecule has 0 bridgehead atoms. The number of aliphatic carboxylic acids is 1. The predicted octanol–water partition coefficient (Wildman–Crippen LogP) is 1.48.